The van der Waals surface area contributed by atoms with Gasteiger partial charge in [-0.15, -0.1) is 0 Å². The van der Waals surface area contributed by atoms with E-state index in [1.165, 1.54) is 60.6 Å². The number of nitrogens with zero attached hydrogens (tertiary/aromatic N) is 5. The fourth-order valence-corrected chi connectivity index (χ4v) is 12.4. The van der Waals surface area contributed by atoms with E-state index in [9.17, 15) is 0 Å². The molecule has 0 amide bonds. The van der Waals surface area contributed by atoms with E-state index in [1.807, 2.05) is 0 Å². The van der Waals surface area contributed by atoms with Crippen LogP contribution >= 0.6 is 0 Å². The Hall–Kier alpha value is -9.97. The molecule has 5 heteroatoms. The second-order valence-corrected chi connectivity index (χ2v) is 20.7. The fourth-order valence-electron chi connectivity index (χ4n) is 12.4. The van der Waals surface area contributed by atoms with Crippen molar-refractivity contribution in [2.75, 3.05) is 0 Å². The third-order valence-corrected chi connectivity index (χ3v) is 16.0. The molecule has 0 spiro atoms. The number of hydrogen-bond acceptors (Lipinski definition) is 3. The first-order chi connectivity index (χ1) is 38.0. The molecule has 1 aliphatic carbocycles. The van der Waals surface area contributed by atoms with Gasteiger partial charge in [0.1, 0.15) is 0 Å². The normalized spacial score (nSPS) is 12.6. The molecule has 0 radical (unpaired) electrons. The summed E-state index contributed by atoms with van der Waals surface area (Å²) in [5, 5.41) is 4.77. The van der Waals surface area contributed by atoms with Crippen molar-refractivity contribution >= 4 is 43.6 Å². The smallest absolute Gasteiger partial charge is 0.166 e. The van der Waals surface area contributed by atoms with Crippen molar-refractivity contribution < 1.29 is 0 Å². The Morgan fingerprint density at radius 3 is 1.49 bits per heavy atom. The molecule has 77 heavy (non-hydrogen) atoms. The number of hydrogen-bond donors (Lipinski definition) is 0. The Morgan fingerprint density at radius 1 is 0.286 bits per heavy atom. The van der Waals surface area contributed by atoms with Crippen molar-refractivity contribution in [2.45, 2.75) is 19.3 Å². The van der Waals surface area contributed by atoms with Gasteiger partial charge >= 0.3 is 0 Å². The number of fused-ring (bicyclic) bond motifs is 9. The number of aromatic nitrogens is 5. The van der Waals surface area contributed by atoms with Crippen molar-refractivity contribution in [2.24, 2.45) is 0 Å². The molecule has 0 N–H and O–H groups in total. The molecular weight excluding hydrogens is 935 g/mol. The zero-order valence-corrected chi connectivity index (χ0v) is 42.6. The molecule has 0 bridgehead atoms. The predicted molar refractivity (Wildman–Crippen MR) is 319 cm³/mol. The Labute approximate surface area is 446 Å². The number of benzene rings is 11. The summed E-state index contributed by atoms with van der Waals surface area (Å²) in [7, 11) is 0. The average molecular weight is 984 g/mol. The first-order valence-electron chi connectivity index (χ1n) is 26.4. The van der Waals surface area contributed by atoms with E-state index in [1.54, 1.807) is 0 Å². The van der Waals surface area contributed by atoms with Gasteiger partial charge in [-0.2, -0.15) is 0 Å². The topological polar surface area (TPSA) is 48.5 Å². The molecule has 3 aromatic heterocycles. The second kappa shape index (κ2) is 17.6. The minimum Gasteiger partial charge on any atom is -0.309 e. The predicted octanol–water partition coefficient (Wildman–Crippen LogP) is 18.4. The highest BCUT2D eigenvalue weighted by molar-refractivity contribution is 6.22. The van der Waals surface area contributed by atoms with Crippen LogP contribution in [0.25, 0.3) is 134 Å². The van der Waals surface area contributed by atoms with Crippen molar-refractivity contribution in [3.63, 3.8) is 0 Å². The highest BCUT2D eigenvalue weighted by atomic mass is 15.1. The van der Waals surface area contributed by atoms with E-state index in [0.717, 1.165) is 66.7 Å². The first kappa shape index (κ1) is 44.5. The lowest BCUT2D eigenvalue weighted by Gasteiger charge is -2.21. The van der Waals surface area contributed by atoms with Crippen molar-refractivity contribution in [3.8, 4) is 90.0 Å². The molecule has 15 rings (SSSR count). The van der Waals surface area contributed by atoms with E-state index < -0.39 is 0 Å². The summed E-state index contributed by atoms with van der Waals surface area (Å²) < 4.78 is 4.84. The maximum absolute atomic E-state index is 5.51. The molecule has 0 saturated heterocycles. The largest absolute Gasteiger partial charge is 0.309 e. The fraction of sp³-hybridized carbons (Fsp3) is 0.0417. The van der Waals surface area contributed by atoms with Gasteiger partial charge in [0, 0.05) is 49.3 Å². The van der Waals surface area contributed by atoms with Crippen LogP contribution in [0, 0.1) is 0 Å². The van der Waals surface area contributed by atoms with Gasteiger partial charge in [-0.25, -0.2) is 15.0 Å². The average Bonchev–Trinajstić information content (AvgIpc) is 4.27. The number of para-hydroxylation sites is 3. The molecule has 0 aliphatic heterocycles. The van der Waals surface area contributed by atoms with E-state index in [2.05, 4.69) is 284 Å². The van der Waals surface area contributed by atoms with Gasteiger partial charge in [-0.3, -0.25) is 0 Å². The van der Waals surface area contributed by atoms with Crippen molar-refractivity contribution in [3.05, 3.63) is 272 Å². The molecule has 14 aromatic rings. The Balaban J connectivity index is 0.984. The van der Waals surface area contributed by atoms with Gasteiger partial charge in [0.05, 0.1) is 27.8 Å². The summed E-state index contributed by atoms with van der Waals surface area (Å²) in [5.41, 5.74) is 21.2. The number of rotatable bonds is 8. The minimum atomic E-state index is -0.132. The van der Waals surface area contributed by atoms with Gasteiger partial charge in [0.25, 0.3) is 0 Å². The van der Waals surface area contributed by atoms with Crippen LogP contribution in [0.2, 0.25) is 0 Å². The highest BCUT2D eigenvalue weighted by Gasteiger charge is 2.35. The van der Waals surface area contributed by atoms with Gasteiger partial charge in [-0.1, -0.05) is 214 Å². The lowest BCUT2D eigenvalue weighted by atomic mass is 9.82. The summed E-state index contributed by atoms with van der Waals surface area (Å²) in [4.78, 5) is 16.4. The third-order valence-electron chi connectivity index (χ3n) is 16.0. The van der Waals surface area contributed by atoms with E-state index in [0.29, 0.717) is 17.5 Å². The summed E-state index contributed by atoms with van der Waals surface area (Å²) in [6, 6.07) is 93.9. The van der Waals surface area contributed by atoms with Crippen LogP contribution in [0.1, 0.15) is 25.0 Å². The summed E-state index contributed by atoms with van der Waals surface area (Å²) in [6.07, 6.45) is 0. The van der Waals surface area contributed by atoms with Crippen LogP contribution in [-0.4, -0.2) is 24.1 Å². The maximum Gasteiger partial charge on any atom is 0.166 e. The molecular formula is C72H49N5. The van der Waals surface area contributed by atoms with Gasteiger partial charge in [0.2, 0.25) is 0 Å². The standard InChI is InChI=1S/C72H49N5/c1-72(2)60-34-15-12-29-53(60)59-44-51(40-42-61(59)72)70-73-69(50-26-18-25-48(43-50)46-21-6-3-7-22-46)74-71(75-70)58-31-14-17-36-63(58)77-65-38-20-33-55(68(65)57-41-39-49(45-66(57)77)47-23-8-4-9-24-47)54-32-19-37-64-67(54)56-30-13-16-35-62(56)76(64)52-27-10-5-11-28-52/h3-45H,1-2H3. The van der Waals surface area contributed by atoms with Crippen LogP contribution in [0.15, 0.2) is 261 Å². The molecule has 1 aliphatic rings. The lowest BCUT2D eigenvalue weighted by molar-refractivity contribution is 0.660. The quantitative estimate of drug-likeness (QED) is 0.152. The van der Waals surface area contributed by atoms with Crippen LogP contribution < -0.4 is 0 Å². The van der Waals surface area contributed by atoms with Crippen LogP contribution in [-0.2, 0) is 5.41 Å². The second-order valence-electron chi connectivity index (χ2n) is 20.7. The minimum absolute atomic E-state index is 0.132. The molecule has 362 valence electrons. The Kier molecular flexibility index (Phi) is 10.2. The van der Waals surface area contributed by atoms with Crippen LogP contribution in [0.5, 0.6) is 0 Å². The molecule has 0 atom stereocenters. The van der Waals surface area contributed by atoms with Crippen molar-refractivity contribution in [1.82, 2.24) is 24.1 Å². The van der Waals surface area contributed by atoms with E-state index in [4.69, 9.17) is 15.0 Å². The van der Waals surface area contributed by atoms with Crippen molar-refractivity contribution in [1.29, 1.82) is 0 Å². The Bertz CT molecular complexity index is 4640. The third kappa shape index (κ3) is 7.12. The van der Waals surface area contributed by atoms with Crippen LogP contribution in [0.3, 0.4) is 0 Å². The summed E-state index contributed by atoms with van der Waals surface area (Å²) in [5.74, 6) is 1.82. The van der Waals surface area contributed by atoms with Gasteiger partial charge in [0.15, 0.2) is 17.5 Å². The van der Waals surface area contributed by atoms with E-state index >= 15 is 0 Å². The lowest BCUT2D eigenvalue weighted by Crippen LogP contribution is -2.14. The van der Waals surface area contributed by atoms with Crippen LogP contribution in [0.4, 0.5) is 0 Å². The molecule has 5 nitrogen and oxygen atoms in total. The van der Waals surface area contributed by atoms with Gasteiger partial charge < -0.3 is 9.13 Å². The monoisotopic (exact) mass is 983 g/mol. The highest BCUT2D eigenvalue weighted by Crippen LogP contribution is 2.50. The molecule has 0 saturated carbocycles. The summed E-state index contributed by atoms with van der Waals surface area (Å²) >= 11 is 0. The SMILES string of the molecule is CC1(C)c2ccccc2-c2cc(-c3nc(-c4cccc(-c5ccccc5)c4)nc(-c4ccccc4-n4c5cc(-c6ccccc6)ccc5c5c(-c6cccc7c6c6ccccc6n7-c6ccccc6)cccc54)n3)ccc21. The van der Waals surface area contributed by atoms with E-state index in [-0.39, 0.29) is 5.41 Å². The zero-order valence-electron chi connectivity index (χ0n) is 42.6. The maximum atomic E-state index is 5.51. The first-order valence-corrected chi connectivity index (χ1v) is 26.4. The van der Waals surface area contributed by atoms with Gasteiger partial charge in [-0.05, 0) is 116 Å². The molecule has 0 fully saturated rings. The molecule has 3 heterocycles. The summed E-state index contributed by atoms with van der Waals surface area (Å²) in [6.45, 7) is 4.64. The molecule has 11 aromatic carbocycles. The molecule has 0 unspecified atom stereocenters. The zero-order chi connectivity index (χ0) is 51.2. The Morgan fingerprint density at radius 2 is 0.766 bits per heavy atom.